The summed E-state index contributed by atoms with van der Waals surface area (Å²) in [5.41, 5.74) is 9.43. The van der Waals surface area contributed by atoms with Crippen molar-refractivity contribution in [3.05, 3.63) is 145 Å². The van der Waals surface area contributed by atoms with Gasteiger partial charge in [-0.2, -0.15) is 12.1 Å². The van der Waals surface area contributed by atoms with Gasteiger partial charge in [0.1, 0.15) is 5.82 Å². The van der Waals surface area contributed by atoms with Gasteiger partial charge in [0.15, 0.2) is 5.82 Å². The van der Waals surface area contributed by atoms with Crippen molar-refractivity contribution < 1.29 is 25.8 Å². The van der Waals surface area contributed by atoms with E-state index in [0.29, 0.717) is 17.3 Å². The summed E-state index contributed by atoms with van der Waals surface area (Å²) in [7, 11) is 4.45. The molecule has 4 aromatic carbocycles. The van der Waals surface area contributed by atoms with E-state index in [4.69, 9.17) is 14.7 Å². The summed E-state index contributed by atoms with van der Waals surface area (Å²) in [5, 5.41) is 5.85. The predicted molar refractivity (Wildman–Crippen MR) is 239 cm³/mol. The van der Waals surface area contributed by atoms with E-state index in [1.54, 1.807) is 6.20 Å². The molecule has 0 amide bonds. The van der Waals surface area contributed by atoms with Crippen LogP contribution in [0.15, 0.2) is 103 Å². The monoisotopic (exact) mass is 949 g/mol. The SMILES string of the molecule is [CH2-]N(c1[c-]c(Oc2[c-]c3c(cc2)c2ccc(C(C)(C)C)cc2n3-c2cc(C(C)(C)C)ccn2)ccc1)c1cccnc1Nc1cc(C(C)(C)C)cc(C(C)(C)C)c1.[Pt]. The Morgan fingerprint density at radius 2 is 1.22 bits per heavy atom. The fourth-order valence-electron chi connectivity index (χ4n) is 7.01. The van der Waals surface area contributed by atoms with Crippen molar-refractivity contribution in [2.75, 3.05) is 10.2 Å². The molecule has 0 fully saturated rings. The third-order valence-corrected chi connectivity index (χ3v) is 10.6. The number of fused-ring (bicyclic) bond motifs is 3. The van der Waals surface area contributed by atoms with Crippen LogP contribution in [0.25, 0.3) is 27.6 Å². The molecule has 7 rings (SSSR count). The molecular weight excluding hydrogens is 894 g/mol. The van der Waals surface area contributed by atoms with E-state index in [1.807, 2.05) is 47.5 Å². The van der Waals surface area contributed by atoms with Gasteiger partial charge in [0, 0.05) is 56.2 Å². The number of aromatic nitrogens is 3. The Bertz CT molecular complexity index is 2560. The van der Waals surface area contributed by atoms with E-state index in [0.717, 1.165) is 44.7 Å². The largest absolute Gasteiger partial charge is 0.514 e. The molecule has 0 bridgehead atoms. The quantitative estimate of drug-likeness (QED) is 0.161. The minimum Gasteiger partial charge on any atom is -0.514 e. The first-order valence-corrected chi connectivity index (χ1v) is 19.8. The Morgan fingerprint density at radius 3 is 1.88 bits per heavy atom. The van der Waals surface area contributed by atoms with E-state index in [9.17, 15) is 0 Å². The number of pyridine rings is 2. The number of hydrogen-bond acceptors (Lipinski definition) is 5. The molecule has 1 N–H and O–H groups in total. The molecule has 0 spiro atoms. The first-order chi connectivity index (χ1) is 26.7. The Morgan fingerprint density at radius 1 is 0.603 bits per heavy atom. The first-order valence-electron chi connectivity index (χ1n) is 19.8. The minimum atomic E-state index is -0.0341. The van der Waals surface area contributed by atoms with Crippen molar-refractivity contribution in [1.29, 1.82) is 0 Å². The van der Waals surface area contributed by atoms with Crippen molar-refractivity contribution in [3.8, 4) is 17.3 Å². The molecule has 7 aromatic rings. The minimum absolute atomic E-state index is 0. The Kier molecular flexibility index (Phi) is 11.5. The standard InChI is InChI=1S/C51H56N5O.Pt/c1-48(2,3)33-19-21-41-42-22-20-40(32-45(42)56(44(41)29-33)46-30-34(23-25-52-46)49(4,5)6)57-39-17-14-16-38(31-39)55(13)43-18-15-24-53-47(43)54-37-27-35(50(7,8)9)26-36(28-37)51(10,11)12;/h14-30H,13H2,1-12H3,(H,53,54);/q-3;. The number of ether oxygens (including phenoxy) is 1. The molecule has 0 saturated carbocycles. The molecule has 0 radical (unpaired) electrons. The Labute approximate surface area is 360 Å². The maximum Gasteiger partial charge on any atom is 0.151 e. The van der Waals surface area contributed by atoms with Crippen LogP contribution in [0.4, 0.5) is 22.9 Å². The summed E-state index contributed by atoms with van der Waals surface area (Å²) >= 11 is 0. The van der Waals surface area contributed by atoms with E-state index < -0.39 is 0 Å². The predicted octanol–water partition coefficient (Wildman–Crippen LogP) is 13.8. The number of hydrogen-bond donors (Lipinski definition) is 1. The molecule has 0 atom stereocenters. The summed E-state index contributed by atoms with van der Waals surface area (Å²) < 4.78 is 8.76. The zero-order valence-corrected chi connectivity index (χ0v) is 38.3. The van der Waals surface area contributed by atoms with E-state index in [2.05, 4.69) is 167 Å². The van der Waals surface area contributed by atoms with Crippen LogP contribution in [0, 0.1) is 19.2 Å². The molecule has 0 aliphatic carbocycles. The average Bonchev–Trinajstić information content (AvgIpc) is 3.46. The fraction of sp³-hybridized carbons (Fsp3) is 0.314. The zero-order chi connectivity index (χ0) is 41.1. The smallest absolute Gasteiger partial charge is 0.151 e. The third kappa shape index (κ3) is 8.88. The van der Waals surface area contributed by atoms with Crippen LogP contribution in [-0.2, 0) is 42.7 Å². The Balaban J connectivity index is 0.00000567. The molecule has 0 unspecified atom stereocenters. The van der Waals surface area contributed by atoms with Gasteiger partial charge in [0.2, 0.25) is 0 Å². The molecule has 0 aliphatic heterocycles. The second-order valence-corrected chi connectivity index (χ2v) is 19.3. The van der Waals surface area contributed by atoms with Gasteiger partial charge in [-0.05, 0) is 91.8 Å². The van der Waals surface area contributed by atoms with Crippen molar-refractivity contribution in [2.24, 2.45) is 0 Å². The van der Waals surface area contributed by atoms with Gasteiger partial charge in [0.05, 0.1) is 5.69 Å². The van der Waals surface area contributed by atoms with Crippen LogP contribution in [0.2, 0.25) is 0 Å². The molecular formula is C51H56N5OPt-3. The molecule has 58 heavy (non-hydrogen) atoms. The molecule has 3 heterocycles. The molecule has 0 aliphatic rings. The number of anilines is 4. The van der Waals surface area contributed by atoms with Gasteiger partial charge in [-0.3, -0.25) is 7.05 Å². The van der Waals surface area contributed by atoms with Crippen LogP contribution >= 0.6 is 0 Å². The van der Waals surface area contributed by atoms with Crippen LogP contribution in [0.3, 0.4) is 0 Å². The second kappa shape index (κ2) is 15.7. The summed E-state index contributed by atoms with van der Waals surface area (Å²) in [6, 6.07) is 38.7. The summed E-state index contributed by atoms with van der Waals surface area (Å²) in [6.07, 6.45) is 3.70. The van der Waals surface area contributed by atoms with Crippen LogP contribution in [-0.4, -0.2) is 14.5 Å². The molecule has 3 aromatic heterocycles. The van der Waals surface area contributed by atoms with Gasteiger partial charge in [-0.1, -0.05) is 107 Å². The van der Waals surface area contributed by atoms with Gasteiger partial charge in [-0.15, -0.1) is 41.4 Å². The zero-order valence-electron chi connectivity index (χ0n) is 36.0. The first kappa shape index (κ1) is 42.7. The number of rotatable bonds is 7. The maximum atomic E-state index is 6.54. The summed E-state index contributed by atoms with van der Waals surface area (Å²) in [4.78, 5) is 11.5. The van der Waals surface area contributed by atoms with E-state index in [-0.39, 0.29) is 42.7 Å². The van der Waals surface area contributed by atoms with Gasteiger partial charge in [0.25, 0.3) is 0 Å². The number of nitrogens with zero attached hydrogens (tertiary/aromatic N) is 4. The fourth-order valence-corrected chi connectivity index (χ4v) is 7.01. The molecule has 7 heteroatoms. The molecule has 6 nitrogen and oxygen atoms in total. The van der Waals surface area contributed by atoms with Crippen LogP contribution in [0.1, 0.15) is 105 Å². The van der Waals surface area contributed by atoms with Crippen LogP contribution < -0.4 is 15.0 Å². The average molecular weight is 950 g/mol. The summed E-state index contributed by atoms with van der Waals surface area (Å²) in [6.45, 7) is 26.9. The van der Waals surface area contributed by atoms with Crippen molar-refractivity contribution >= 4 is 44.7 Å². The third-order valence-electron chi connectivity index (χ3n) is 10.6. The van der Waals surface area contributed by atoms with Crippen LogP contribution in [0.5, 0.6) is 11.5 Å². The molecule has 0 saturated heterocycles. The van der Waals surface area contributed by atoms with Gasteiger partial charge in [-0.25, -0.2) is 9.97 Å². The number of benzene rings is 4. The van der Waals surface area contributed by atoms with Gasteiger partial charge < -0.3 is 19.5 Å². The number of nitrogens with one attached hydrogen (secondary N) is 1. The van der Waals surface area contributed by atoms with Gasteiger partial charge >= 0.3 is 0 Å². The molecule has 304 valence electrons. The normalized spacial score (nSPS) is 12.4. The van der Waals surface area contributed by atoms with E-state index in [1.165, 1.54) is 22.3 Å². The maximum absolute atomic E-state index is 6.54. The van der Waals surface area contributed by atoms with Crippen molar-refractivity contribution in [3.63, 3.8) is 0 Å². The Hall–Kier alpha value is -4.93. The topological polar surface area (TPSA) is 55.2 Å². The van der Waals surface area contributed by atoms with E-state index >= 15 is 0 Å². The summed E-state index contributed by atoms with van der Waals surface area (Å²) in [5.74, 6) is 2.68. The second-order valence-electron chi connectivity index (χ2n) is 19.3. The van der Waals surface area contributed by atoms with Crippen molar-refractivity contribution in [2.45, 2.75) is 105 Å². The van der Waals surface area contributed by atoms with Crippen molar-refractivity contribution in [1.82, 2.24) is 14.5 Å².